The summed E-state index contributed by atoms with van der Waals surface area (Å²) >= 11 is 0. The minimum atomic E-state index is -0.416. The Hall–Kier alpha value is -1.04. The van der Waals surface area contributed by atoms with Crippen LogP contribution in [-0.4, -0.2) is 44.3 Å². The number of rotatable bonds is 4. The Labute approximate surface area is 112 Å². The first-order valence-electron chi connectivity index (χ1n) is 6.62. The molecule has 0 saturated carbocycles. The van der Waals surface area contributed by atoms with Crippen molar-refractivity contribution in [1.29, 1.82) is 0 Å². The minimum absolute atomic E-state index is 0.171. The standard InChI is InChI=1S/C14H20F2N2O/c1-3-18-6-7-19-13(9-17-2)14(18)11-8-10(15)4-5-12(11)16/h4-5,8,13-14,17H,3,6-7,9H2,1-2H3. The number of nitrogens with zero attached hydrogens (tertiary/aromatic N) is 1. The lowest BCUT2D eigenvalue weighted by atomic mass is 9.97. The van der Waals surface area contributed by atoms with Crippen molar-refractivity contribution in [3.05, 3.63) is 35.4 Å². The van der Waals surface area contributed by atoms with Crippen molar-refractivity contribution in [2.75, 3.05) is 33.3 Å². The third kappa shape index (κ3) is 3.11. The maximum atomic E-state index is 14.0. The Bertz CT molecular complexity index is 426. The topological polar surface area (TPSA) is 24.5 Å². The van der Waals surface area contributed by atoms with Gasteiger partial charge in [-0.15, -0.1) is 0 Å². The van der Waals surface area contributed by atoms with Crippen molar-refractivity contribution in [3.63, 3.8) is 0 Å². The molecule has 0 aromatic heterocycles. The summed E-state index contributed by atoms with van der Waals surface area (Å²) in [6.45, 7) is 4.76. The van der Waals surface area contributed by atoms with Gasteiger partial charge in [-0.2, -0.15) is 0 Å². The Morgan fingerprint density at radius 3 is 2.89 bits per heavy atom. The summed E-state index contributed by atoms with van der Waals surface area (Å²) in [5.41, 5.74) is 0.377. The molecule has 2 unspecified atom stereocenters. The second-order valence-electron chi connectivity index (χ2n) is 4.71. The van der Waals surface area contributed by atoms with Crippen molar-refractivity contribution < 1.29 is 13.5 Å². The van der Waals surface area contributed by atoms with Gasteiger partial charge in [-0.1, -0.05) is 6.92 Å². The minimum Gasteiger partial charge on any atom is -0.374 e. The zero-order valence-corrected chi connectivity index (χ0v) is 11.3. The van der Waals surface area contributed by atoms with Crippen LogP contribution in [0.1, 0.15) is 18.5 Å². The molecule has 0 aliphatic carbocycles. The Balaban J connectivity index is 2.36. The lowest BCUT2D eigenvalue weighted by Crippen LogP contribution is -2.48. The molecule has 5 heteroatoms. The van der Waals surface area contributed by atoms with E-state index >= 15 is 0 Å². The molecule has 1 heterocycles. The predicted molar refractivity (Wildman–Crippen MR) is 70.0 cm³/mol. The molecule has 1 aliphatic rings. The monoisotopic (exact) mass is 270 g/mol. The van der Waals surface area contributed by atoms with Gasteiger partial charge in [0.1, 0.15) is 11.6 Å². The number of hydrogen-bond donors (Lipinski definition) is 1. The van der Waals surface area contributed by atoms with Crippen molar-refractivity contribution in [3.8, 4) is 0 Å². The first-order chi connectivity index (χ1) is 9.17. The number of morpholine rings is 1. The van der Waals surface area contributed by atoms with Crippen molar-refractivity contribution in [1.82, 2.24) is 10.2 Å². The molecule has 2 rings (SSSR count). The fourth-order valence-corrected chi connectivity index (χ4v) is 2.65. The third-order valence-corrected chi connectivity index (χ3v) is 3.54. The molecule has 1 aromatic rings. The van der Waals surface area contributed by atoms with Gasteiger partial charge in [0.05, 0.1) is 18.8 Å². The summed E-state index contributed by atoms with van der Waals surface area (Å²) in [7, 11) is 1.83. The number of likely N-dealkylation sites (N-methyl/N-ethyl adjacent to an activating group) is 2. The van der Waals surface area contributed by atoms with Gasteiger partial charge in [-0.25, -0.2) is 8.78 Å². The third-order valence-electron chi connectivity index (χ3n) is 3.54. The van der Waals surface area contributed by atoms with Crippen molar-refractivity contribution in [2.45, 2.75) is 19.1 Å². The van der Waals surface area contributed by atoms with Gasteiger partial charge in [0.2, 0.25) is 0 Å². The molecule has 1 N–H and O–H groups in total. The predicted octanol–water partition coefficient (Wildman–Crippen LogP) is 1.95. The van der Waals surface area contributed by atoms with Gasteiger partial charge in [0.25, 0.3) is 0 Å². The largest absolute Gasteiger partial charge is 0.374 e. The zero-order chi connectivity index (χ0) is 13.8. The average molecular weight is 270 g/mol. The van der Waals surface area contributed by atoms with Gasteiger partial charge >= 0.3 is 0 Å². The maximum absolute atomic E-state index is 14.0. The maximum Gasteiger partial charge on any atom is 0.128 e. The van der Waals surface area contributed by atoms with Gasteiger partial charge in [0.15, 0.2) is 0 Å². The second-order valence-corrected chi connectivity index (χ2v) is 4.71. The van der Waals surface area contributed by atoms with E-state index in [-0.39, 0.29) is 18.0 Å². The highest BCUT2D eigenvalue weighted by atomic mass is 19.1. The molecule has 2 atom stereocenters. The summed E-state index contributed by atoms with van der Waals surface area (Å²) < 4.78 is 33.1. The molecule has 0 radical (unpaired) electrons. The van der Waals surface area contributed by atoms with E-state index in [1.807, 2.05) is 14.0 Å². The first-order valence-corrected chi connectivity index (χ1v) is 6.62. The van der Waals surface area contributed by atoms with Crippen LogP contribution in [0.3, 0.4) is 0 Å². The molecule has 3 nitrogen and oxygen atoms in total. The fourth-order valence-electron chi connectivity index (χ4n) is 2.65. The lowest BCUT2D eigenvalue weighted by molar-refractivity contribution is -0.0697. The Morgan fingerprint density at radius 2 is 2.21 bits per heavy atom. The highest BCUT2D eigenvalue weighted by Crippen LogP contribution is 2.31. The molecule has 1 saturated heterocycles. The van der Waals surface area contributed by atoms with Crippen LogP contribution in [0.5, 0.6) is 0 Å². The highest BCUT2D eigenvalue weighted by Gasteiger charge is 2.34. The molecule has 0 amide bonds. The summed E-state index contributed by atoms with van der Waals surface area (Å²) in [6, 6.07) is 3.36. The fraction of sp³-hybridized carbons (Fsp3) is 0.571. The lowest BCUT2D eigenvalue weighted by Gasteiger charge is -2.41. The van der Waals surface area contributed by atoms with Crippen LogP contribution in [0.25, 0.3) is 0 Å². The van der Waals surface area contributed by atoms with E-state index in [2.05, 4.69) is 10.2 Å². The first kappa shape index (κ1) is 14.4. The van der Waals surface area contributed by atoms with Crippen molar-refractivity contribution in [2.24, 2.45) is 0 Å². The number of ether oxygens (including phenoxy) is 1. The molecule has 1 fully saturated rings. The summed E-state index contributed by atoms with van der Waals surface area (Å²) in [4.78, 5) is 2.13. The molecular weight excluding hydrogens is 250 g/mol. The van der Waals surface area contributed by atoms with E-state index < -0.39 is 5.82 Å². The number of benzene rings is 1. The van der Waals surface area contributed by atoms with E-state index in [1.165, 1.54) is 12.1 Å². The van der Waals surface area contributed by atoms with Crippen LogP contribution >= 0.6 is 0 Å². The molecule has 0 bridgehead atoms. The van der Waals surface area contributed by atoms with E-state index in [9.17, 15) is 8.78 Å². The van der Waals surface area contributed by atoms with Gasteiger partial charge in [-0.05, 0) is 31.8 Å². The highest BCUT2D eigenvalue weighted by molar-refractivity contribution is 5.24. The van der Waals surface area contributed by atoms with Gasteiger partial charge in [-0.3, -0.25) is 4.90 Å². The molecule has 1 aliphatic heterocycles. The van der Waals surface area contributed by atoms with Crippen LogP contribution < -0.4 is 5.32 Å². The van der Waals surface area contributed by atoms with Gasteiger partial charge < -0.3 is 10.1 Å². The molecule has 106 valence electrons. The Kier molecular flexibility index (Phi) is 4.85. The van der Waals surface area contributed by atoms with Gasteiger partial charge in [0, 0.05) is 18.7 Å². The zero-order valence-electron chi connectivity index (χ0n) is 11.3. The molecular formula is C14H20F2N2O. The molecule has 1 aromatic carbocycles. The smallest absolute Gasteiger partial charge is 0.128 e. The van der Waals surface area contributed by atoms with Crippen LogP contribution in [0.4, 0.5) is 8.78 Å². The van der Waals surface area contributed by atoms with Crippen LogP contribution in [0.2, 0.25) is 0 Å². The Morgan fingerprint density at radius 1 is 1.42 bits per heavy atom. The average Bonchev–Trinajstić information content (AvgIpc) is 2.42. The number of halogens is 2. The van der Waals surface area contributed by atoms with E-state index in [0.29, 0.717) is 18.7 Å². The SMILES string of the molecule is CCN1CCOC(CNC)C1c1cc(F)ccc1F. The number of nitrogens with one attached hydrogen (secondary N) is 1. The van der Waals surface area contributed by atoms with Crippen LogP contribution in [0, 0.1) is 11.6 Å². The molecule has 0 spiro atoms. The van der Waals surface area contributed by atoms with E-state index in [1.54, 1.807) is 0 Å². The quantitative estimate of drug-likeness (QED) is 0.905. The van der Waals surface area contributed by atoms with Crippen LogP contribution in [0.15, 0.2) is 18.2 Å². The van der Waals surface area contributed by atoms with E-state index in [4.69, 9.17) is 4.74 Å². The molecule has 19 heavy (non-hydrogen) atoms. The summed E-state index contributed by atoms with van der Waals surface area (Å²) in [6.07, 6.45) is -0.171. The summed E-state index contributed by atoms with van der Waals surface area (Å²) in [5.74, 6) is -0.794. The normalized spacial score (nSPS) is 24.6. The second kappa shape index (κ2) is 6.41. The summed E-state index contributed by atoms with van der Waals surface area (Å²) in [5, 5.41) is 3.05. The van der Waals surface area contributed by atoms with Crippen molar-refractivity contribution >= 4 is 0 Å². The van der Waals surface area contributed by atoms with E-state index in [0.717, 1.165) is 19.2 Å². The van der Waals surface area contributed by atoms with Crippen LogP contribution in [-0.2, 0) is 4.74 Å². The number of hydrogen-bond acceptors (Lipinski definition) is 3.